The van der Waals surface area contributed by atoms with E-state index in [9.17, 15) is 13.6 Å². The topological polar surface area (TPSA) is 38.7 Å². The van der Waals surface area contributed by atoms with E-state index in [4.69, 9.17) is 9.73 Å². The zero-order valence-corrected chi connectivity index (χ0v) is 23.1. The molecule has 0 aromatic heterocycles. The number of carbonyl (C=O) groups is 1. The number of hydrogen-bond acceptors (Lipinski definition) is 3. The highest BCUT2D eigenvalue weighted by molar-refractivity contribution is 5.84. The lowest BCUT2D eigenvalue weighted by atomic mass is 9.74. The second kappa shape index (κ2) is 11.3. The molecule has 208 valence electrons. The maximum Gasteiger partial charge on any atom is 0.419 e. The Kier molecular flexibility index (Phi) is 7.57. The van der Waals surface area contributed by atoms with Gasteiger partial charge in [0.15, 0.2) is 0 Å². The van der Waals surface area contributed by atoms with Gasteiger partial charge in [0.1, 0.15) is 11.5 Å². The first-order valence-electron chi connectivity index (χ1n) is 14.8. The molecule has 1 fully saturated rings. The predicted molar refractivity (Wildman–Crippen MR) is 156 cm³/mol. The number of ether oxygens (including phenoxy) is 1. The van der Waals surface area contributed by atoms with Crippen molar-refractivity contribution in [1.29, 1.82) is 0 Å². The van der Waals surface area contributed by atoms with Gasteiger partial charge in [0, 0.05) is 42.3 Å². The minimum Gasteiger partial charge on any atom is -0.429 e. The second-order valence-electron chi connectivity index (χ2n) is 12.0. The number of rotatable bonds is 6. The van der Waals surface area contributed by atoms with E-state index < -0.39 is 6.11 Å². The number of nitrogens with zero attached hydrogens (tertiary/aromatic N) is 1. The predicted octanol–water partition coefficient (Wildman–Crippen LogP) is 8.64. The van der Waals surface area contributed by atoms with Crippen LogP contribution >= 0.6 is 0 Å². The van der Waals surface area contributed by atoms with Crippen molar-refractivity contribution in [2.24, 2.45) is 22.7 Å². The van der Waals surface area contributed by atoms with Crippen molar-refractivity contribution in [3.63, 3.8) is 0 Å². The summed E-state index contributed by atoms with van der Waals surface area (Å²) in [5.41, 5.74) is 6.38. The molecule has 5 heteroatoms. The lowest BCUT2D eigenvalue weighted by Crippen LogP contribution is -2.24. The first-order chi connectivity index (χ1) is 19.3. The average molecular weight is 542 g/mol. The summed E-state index contributed by atoms with van der Waals surface area (Å²) in [6, 6.07) is 13.5. The van der Waals surface area contributed by atoms with Crippen molar-refractivity contribution < 1.29 is 18.3 Å². The van der Waals surface area contributed by atoms with E-state index in [1.807, 2.05) is 12.1 Å². The number of halogens is 2. The summed E-state index contributed by atoms with van der Waals surface area (Å²) in [5.74, 6) is 2.24. The monoisotopic (exact) mass is 541 g/mol. The van der Waals surface area contributed by atoms with E-state index >= 15 is 0 Å². The number of fused-ring (bicyclic) bond motifs is 2. The van der Waals surface area contributed by atoms with Crippen LogP contribution in [0, 0.1) is 17.8 Å². The Balaban J connectivity index is 1.16. The Morgan fingerprint density at radius 2 is 1.85 bits per heavy atom. The number of benzene rings is 2. The molecule has 0 N–H and O–H groups in total. The van der Waals surface area contributed by atoms with Gasteiger partial charge in [0.25, 0.3) is 0 Å². The summed E-state index contributed by atoms with van der Waals surface area (Å²) in [6.07, 6.45) is 14.4. The van der Waals surface area contributed by atoms with Crippen LogP contribution < -0.4 is 4.74 Å². The first kappa shape index (κ1) is 26.9. The molecule has 0 radical (unpaired) electrons. The van der Waals surface area contributed by atoms with Crippen LogP contribution in [0.1, 0.15) is 80.0 Å². The number of alkyl halides is 2. The molecule has 6 rings (SSSR count). The Labute approximate surface area is 235 Å². The van der Waals surface area contributed by atoms with Crippen LogP contribution in [0.2, 0.25) is 0 Å². The SMILES string of the molecule is CC1C=NC(C2CCCC(c3cccc(CC(=O)Cc4cccc5c4C=CC(F)(F)O5)c3)C2)=C2C=CCCC2C1. The van der Waals surface area contributed by atoms with Crippen LogP contribution in [0.3, 0.4) is 0 Å². The minimum atomic E-state index is -3.32. The van der Waals surface area contributed by atoms with Gasteiger partial charge in [-0.25, -0.2) is 0 Å². The van der Waals surface area contributed by atoms with Gasteiger partial charge in [-0.05, 0) is 90.7 Å². The molecule has 2 aromatic carbocycles. The van der Waals surface area contributed by atoms with Gasteiger partial charge in [0.2, 0.25) is 0 Å². The van der Waals surface area contributed by atoms with Crippen molar-refractivity contribution in [3.8, 4) is 5.75 Å². The van der Waals surface area contributed by atoms with Crippen LogP contribution in [0.25, 0.3) is 6.08 Å². The molecular formula is C35H37F2NO2. The number of carbonyl (C=O) groups excluding carboxylic acids is 1. The Morgan fingerprint density at radius 3 is 2.75 bits per heavy atom. The number of aliphatic imine (C=N–C) groups is 1. The normalized spacial score (nSPS) is 27.0. The van der Waals surface area contributed by atoms with Gasteiger partial charge in [-0.3, -0.25) is 9.79 Å². The Morgan fingerprint density at radius 1 is 1.00 bits per heavy atom. The summed E-state index contributed by atoms with van der Waals surface area (Å²) in [5, 5.41) is 0. The van der Waals surface area contributed by atoms with Crippen molar-refractivity contribution in [3.05, 3.63) is 94.2 Å². The highest BCUT2D eigenvalue weighted by Crippen LogP contribution is 2.44. The summed E-state index contributed by atoms with van der Waals surface area (Å²) >= 11 is 0. The average Bonchev–Trinajstić information content (AvgIpc) is 3.11. The minimum absolute atomic E-state index is 0.0572. The molecule has 3 nitrogen and oxygen atoms in total. The van der Waals surface area contributed by atoms with E-state index in [2.05, 4.69) is 43.5 Å². The van der Waals surface area contributed by atoms with Crippen molar-refractivity contribution in [1.82, 2.24) is 0 Å². The fourth-order valence-electron chi connectivity index (χ4n) is 7.05. The van der Waals surface area contributed by atoms with Gasteiger partial charge in [-0.1, -0.05) is 61.9 Å². The zero-order chi connectivity index (χ0) is 27.7. The molecule has 0 amide bonds. The molecule has 1 saturated carbocycles. The molecular weight excluding hydrogens is 504 g/mol. The van der Waals surface area contributed by atoms with Gasteiger partial charge in [-0.15, -0.1) is 0 Å². The molecule has 0 spiro atoms. The highest BCUT2D eigenvalue weighted by atomic mass is 19.3. The second-order valence-corrected chi connectivity index (χ2v) is 12.0. The molecule has 0 saturated heterocycles. The van der Waals surface area contributed by atoms with E-state index in [1.54, 1.807) is 6.07 Å². The summed E-state index contributed by atoms with van der Waals surface area (Å²) in [4.78, 5) is 18.2. The lowest BCUT2D eigenvalue weighted by molar-refractivity contribution is -0.132. The highest BCUT2D eigenvalue weighted by Gasteiger charge is 2.33. The number of Topliss-reactive ketones (excluding diaryl/α,β-unsaturated/α-hetero) is 1. The van der Waals surface area contributed by atoms with Crippen molar-refractivity contribution >= 4 is 18.1 Å². The van der Waals surface area contributed by atoms with Gasteiger partial charge < -0.3 is 4.74 Å². The van der Waals surface area contributed by atoms with E-state index in [-0.39, 0.29) is 18.0 Å². The molecule has 4 unspecified atom stereocenters. The molecule has 4 aliphatic rings. The third-order valence-corrected chi connectivity index (χ3v) is 8.96. The van der Waals surface area contributed by atoms with E-state index in [0.717, 1.165) is 24.5 Å². The molecule has 2 aliphatic heterocycles. The number of hydrogen-bond donors (Lipinski definition) is 0. The van der Waals surface area contributed by atoms with Crippen LogP contribution in [-0.4, -0.2) is 18.1 Å². The summed E-state index contributed by atoms with van der Waals surface area (Å²) in [6.45, 7) is 2.29. The molecule has 0 bridgehead atoms. The van der Waals surface area contributed by atoms with Gasteiger partial charge in [-0.2, -0.15) is 8.78 Å². The largest absolute Gasteiger partial charge is 0.429 e. The van der Waals surface area contributed by atoms with E-state index in [0.29, 0.717) is 41.2 Å². The molecule has 40 heavy (non-hydrogen) atoms. The number of ketones is 1. The molecule has 2 aromatic rings. The lowest BCUT2D eigenvalue weighted by Gasteiger charge is -2.32. The van der Waals surface area contributed by atoms with Crippen LogP contribution in [0.15, 0.2) is 77.0 Å². The first-order valence-corrected chi connectivity index (χ1v) is 14.8. The standard InChI is InChI=1S/C35H37F2NO2/c1-23-17-27-8-2-3-13-32(27)34(38-22-23)29-12-5-10-26(20-29)25-9-4-7-24(18-25)19-30(39)21-28-11-6-14-33-31(28)15-16-35(36,37)40-33/h3-4,6-7,9,11,13-16,18,22-23,26-27,29H,2,5,8,10,12,17,19-21H2,1H3. The van der Waals surface area contributed by atoms with Crippen molar-refractivity contribution in [2.45, 2.75) is 76.7 Å². The Bertz CT molecular complexity index is 1400. The van der Waals surface area contributed by atoms with Crippen molar-refractivity contribution in [2.75, 3.05) is 0 Å². The maximum absolute atomic E-state index is 13.6. The molecule has 2 heterocycles. The Hall–Kier alpha value is -3.34. The zero-order valence-electron chi connectivity index (χ0n) is 23.1. The maximum atomic E-state index is 13.6. The fourth-order valence-corrected chi connectivity index (χ4v) is 7.05. The van der Waals surface area contributed by atoms with E-state index in [1.165, 1.54) is 61.1 Å². The third-order valence-electron chi connectivity index (χ3n) is 8.96. The molecule has 4 atom stereocenters. The van der Waals surface area contributed by atoms with Crippen LogP contribution in [-0.2, 0) is 17.6 Å². The summed E-state index contributed by atoms with van der Waals surface area (Å²) in [7, 11) is 0. The summed E-state index contributed by atoms with van der Waals surface area (Å²) < 4.78 is 32.0. The van der Waals surface area contributed by atoms with Gasteiger partial charge in [0.05, 0.1) is 0 Å². The number of allylic oxidation sites excluding steroid dienone is 4. The fraction of sp³-hybridized carbons (Fsp3) is 0.429. The quantitative estimate of drug-likeness (QED) is 0.367. The third kappa shape index (κ3) is 5.89. The van der Waals surface area contributed by atoms with Crippen LogP contribution in [0.5, 0.6) is 5.75 Å². The van der Waals surface area contributed by atoms with Gasteiger partial charge >= 0.3 is 6.11 Å². The van der Waals surface area contributed by atoms with Crippen LogP contribution in [0.4, 0.5) is 8.78 Å². The molecule has 2 aliphatic carbocycles. The smallest absolute Gasteiger partial charge is 0.419 e.